The lowest BCUT2D eigenvalue weighted by atomic mass is 9.87. The molecule has 1 aliphatic heterocycles. The molecule has 0 saturated heterocycles. The summed E-state index contributed by atoms with van der Waals surface area (Å²) in [5, 5.41) is 7.40. The molecule has 1 aliphatic carbocycles. The van der Waals surface area contributed by atoms with E-state index in [-0.39, 0.29) is 17.0 Å². The number of aromatic nitrogens is 2. The van der Waals surface area contributed by atoms with E-state index in [0.717, 1.165) is 12.4 Å². The van der Waals surface area contributed by atoms with Gasteiger partial charge in [0.25, 0.3) is 0 Å². The molecule has 5 heteroatoms. The molecule has 5 nitrogen and oxygen atoms in total. The average Bonchev–Trinajstić information content (AvgIpc) is 3.13. The predicted octanol–water partition coefficient (Wildman–Crippen LogP) is 3.72. The zero-order valence-electron chi connectivity index (χ0n) is 14.5. The van der Waals surface area contributed by atoms with Crippen LogP contribution in [0, 0.1) is 0 Å². The summed E-state index contributed by atoms with van der Waals surface area (Å²) in [6.45, 7) is 7.71. The van der Waals surface area contributed by atoms with Crippen molar-refractivity contribution in [1.82, 2.24) is 14.7 Å². The minimum absolute atomic E-state index is 0.0400. The summed E-state index contributed by atoms with van der Waals surface area (Å²) in [5.74, 6) is 0.746. The number of benzene rings is 1. The Kier molecular flexibility index (Phi) is 3.24. The number of urea groups is 1. The first-order valence-electron chi connectivity index (χ1n) is 8.58. The molecule has 4 rings (SSSR count). The van der Waals surface area contributed by atoms with E-state index in [9.17, 15) is 4.79 Å². The highest BCUT2D eigenvalue weighted by Gasteiger charge is 2.49. The Morgan fingerprint density at radius 1 is 1.21 bits per heavy atom. The van der Waals surface area contributed by atoms with Gasteiger partial charge in [0.05, 0.1) is 11.7 Å². The zero-order valence-corrected chi connectivity index (χ0v) is 14.5. The number of carbonyl (C=O) groups is 1. The lowest BCUT2D eigenvalue weighted by Crippen LogP contribution is -2.44. The Balaban J connectivity index is 1.56. The number of nitrogens with zero attached hydrogens (tertiary/aromatic N) is 3. The second kappa shape index (κ2) is 5.10. The molecular weight excluding hydrogens is 300 g/mol. The molecule has 2 aliphatic rings. The molecule has 0 radical (unpaired) electrons. The molecule has 0 unspecified atom stereocenters. The van der Waals surface area contributed by atoms with Crippen molar-refractivity contribution in [1.29, 1.82) is 0 Å². The molecule has 1 spiro atoms. The minimum Gasteiger partial charge on any atom is -0.319 e. The summed E-state index contributed by atoms with van der Waals surface area (Å²) in [7, 11) is 0. The topological polar surface area (TPSA) is 50.2 Å². The summed E-state index contributed by atoms with van der Waals surface area (Å²) >= 11 is 0. The zero-order chi connectivity index (χ0) is 16.9. The average molecular weight is 324 g/mol. The third-order valence-electron chi connectivity index (χ3n) is 5.10. The maximum absolute atomic E-state index is 12.8. The molecule has 1 saturated carbocycles. The monoisotopic (exact) mass is 324 g/mol. The fraction of sp³-hybridized carbons (Fsp3) is 0.474. The summed E-state index contributed by atoms with van der Waals surface area (Å²) in [6, 6.07) is 10.4. The van der Waals surface area contributed by atoms with Gasteiger partial charge in [-0.05, 0) is 44.7 Å². The molecule has 0 atom stereocenters. The SMILES string of the molecule is CC(C)(C)n1nccc1NC(=O)N1Cc2ccccc2C2(CC2)C1. The summed E-state index contributed by atoms with van der Waals surface area (Å²) < 4.78 is 1.86. The lowest BCUT2D eigenvalue weighted by Gasteiger charge is -2.35. The molecule has 2 heterocycles. The summed E-state index contributed by atoms with van der Waals surface area (Å²) in [4.78, 5) is 14.8. The summed E-state index contributed by atoms with van der Waals surface area (Å²) in [5.41, 5.74) is 2.74. The van der Waals surface area contributed by atoms with Crippen LogP contribution in [-0.4, -0.2) is 27.3 Å². The van der Waals surface area contributed by atoms with Gasteiger partial charge in [-0.15, -0.1) is 0 Å². The second-order valence-electron chi connectivity index (χ2n) is 8.02. The molecular formula is C19H24N4O. The Hall–Kier alpha value is -2.30. The summed E-state index contributed by atoms with van der Waals surface area (Å²) in [6.07, 6.45) is 4.08. The predicted molar refractivity (Wildman–Crippen MR) is 94.0 cm³/mol. The first-order valence-corrected chi connectivity index (χ1v) is 8.58. The van der Waals surface area contributed by atoms with E-state index in [1.165, 1.54) is 24.0 Å². The van der Waals surface area contributed by atoms with Crippen molar-refractivity contribution < 1.29 is 4.79 Å². The Morgan fingerprint density at radius 2 is 1.96 bits per heavy atom. The number of nitrogens with one attached hydrogen (secondary N) is 1. The number of hydrogen-bond donors (Lipinski definition) is 1. The molecule has 0 bridgehead atoms. The van der Waals surface area contributed by atoms with E-state index < -0.39 is 0 Å². The van der Waals surface area contributed by atoms with Gasteiger partial charge in [-0.2, -0.15) is 5.10 Å². The van der Waals surface area contributed by atoms with Crippen LogP contribution >= 0.6 is 0 Å². The number of anilines is 1. The molecule has 2 aromatic rings. The molecule has 1 aromatic heterocycles. The van der Waals surface area contributed by atoms with E-state index >= 15 is 0 Å². The fourth-order valence-electron chi connectivity index (χ4n) is 3.73. The van der Waals surface area contributed by atoms with Crippen molar-refractivity contribution in [3.05, 3.63) is 47.7 Å². The van der Waals surface area contributed by atoms with Crippen molar-refractivity contribution in [3.63, 3.8) is 0 Å². The number of fused-ring (bicyclic) bond motifs is 2. The number of amides is 2. The first-order chi connectivity index (χ1) is 11.4. The van der Waals surface area contributed by atoms with Crippen LogP contribution in [-0.2, 0) is 17.5 Å². The van der Waals surface area contributed by atoms with Crippen molar-refractivity contribution in [3.8, 4) is 0 Å². The van der Waals surface area contributed by atoms with E-state index in [1.807, 2.05) is 15.6 Å². The van der Waals surface area contributed by atoms with Crippen LogP contribution in [0.15, 0.2) is 36.5 Å². The largest absolute Gasteiger partial charge is 0.323 e. The van der Waals surface area contributed by atoms with Gasteiger partial charge in [0.2, 0.25) is 0 Å². The Morgan fingerprint density at radius 3 is 2.67 bits per heavy atom. The van der Waals surface area contributed by atoms with Crippen molar-refractivity contribution in [2.24, 2.45) is 0 Å². The fourth-order valence-corrected chi connectivity index (χ4v) is 3.73. The van der Waals surface area contributed by atoms with Crippen LogP contribution in [0.4, 0.5) is 10.6 Å². The third-order valence-corrected chi connectivity index (χ3v) is 5.10. The quantitative estimate of drug-likeness (QED) is 0.869. The highest BCUT2D eigenvalue weighted by Crippen LogP contribution is 2.52. The lowest BCUT2D eigenvalue weighted by molar-refractivity contribution is 0.196. The second-order valence-corrected chi connectivity index (χ2v) is 8.02. The molecule has 1 fully saturated rings. The van der Waals surface area contributed by atoms with Gasteiger partial charge in [-0.25, -0.2) is 9.48 Å². The molecule has 126 valence electrons. The van der Waals surface area contributed by atoms with Crippen molar-refractivity contribution in [2.45, 2.75) is 51.1 Å². The van der Waals surface area contributed by atoms with Crippen LogP contribution < -0.4 is 5.32 Å². The molecule has 24 heavy (non-hydrogen) atoms. The number of carbonyl (C=O) groups excluding carboxylic acids is 1. The van der Waals surface area contributed by atoms with Gasteiger partial charge in [0.15, 0.2) is 0 Å². The van der Waals surface area contributed by atoms with E-state index in [1.54, 1.807) is 6.20 Å². The molecule has 2 amide bonds. The van der Waals surface area contributed by atoms with Gasteiger partial charge < -0.3 is 4.90 Å². The van der Waals surface area contributed by atoms with Gasteiger partial charge >= 0.3 is 6.03 Å². The molecule has 1 aromatic carbocycles. The van der Waals surface area contributed by atoms with E-state index in [0.29, 0.717) is 6.54 Å². The van der Waals surface area contributed by atoms with Crippen LogP contribution in [0.5, 0.6) is 0 Å². The number of rotatable bonds is 1. The van der Waals surface area contributed by atoms with Crippen molar-refractivity contribution in [2.75, 3.05) is 11.9 Å². The van der Waals surface area contributed by atoms with Gasteiger partial charge in [0, 0.05) is 24.6 Å². The maximum Gasteiger partial charge on any atom is 0.323 e. The smallest absolute Gasteiger partial charge is 0.319 e. The van der Waals surface area contributed by atoms with Crippen LogP contribution in [0.2, 0.25) is 0 Å². The third kappa shape index (κ3) is 2.48. The van der Waals surface area contributed by atoms with E-state index in [2.05, 4.69) is 55.5 Å². The Bertz CT molecular complexity index is 783. The van der Waals surface area contributed by atoms with Gasteiger partial charge in [0.1, 0.15) is 5.82 Å². The standard InChI is InChI=1S/C19H24N4O/c1-18(2,3)23-16(8-11-20-23)21-17(24)22-12-14-6-4-5-7-15(14)19(13-22)9-10-19/h4-8,11H,9-10,12-13H2,1-3H3,(H,21,24). The minimum atomic E-state index is -0.168. The van der Waals surface area contributed by atoms with Crippen LogP contribution in [0.1, 0.15) is 44.7 Å². The van der Waals surface area contributed by atoms with Gasteiger partial charge in [-0.1, -0.05) is 24.3 Å². The Labute approximate surface area is 142 Å². The van der Waals surface area contributed by atoms with Crippen LogP contribution in [0.3, 0.4) is 0 Å². The number of hydrogen-bond acceptors (Lipinski definition) is 2. The van der Waals surface area contributed by atoms with E-state index in [4.69, 9.17) is 0 Å². The normalized spacial score (nSPS) is 18.4. The first kappa shape index (κ1) is 15.2. The highest BCUT2D eigenvalue weighted by atomic mass is 16.2. The van der Waals surface area contributed by atoms with Crippen LogP contribution in [0.25, 0.3) is 0 Å². The van der Waals surface area contributed by atoms with Crippen molar-refractivity contribution >= 4 is 11.8 Å². The highest BCUT2D eigenvalue weighted by molar-refractivity contribution is 5.88. The van der Waals surface area contributed by atoms with Gasteiger partial charge in [-0.3, -0.25) is 5.32 Å². The molecule has 1 N–H and O–H groups in total. The maximum atomic E-state index is 12.8.